The van der Waals surface area contributed by atoms with Crippen molar-refractivity contribution in [3.63, 3.8) is 0 Å². The number of hydrogen-bond donors (Lipinski definition) is 0. The molecule has 4 nitrogen and oxygen atoms in total. The second-order valence-electron chi connectivity index (χ2n) is 8.18. The predicted molar refractivity (Wildman–Crippen MR) is 98.0 cm³/mol. The van der Waals surface area contributed by atoms with Crippen molar-refractivity contribution in [2.45, 2.75) is 44.8 Å². The number of benzene rings is 1. The zero-order valence-electron chi connectivity index (χ0n) is 15.7. The zero-order valence-corrected chi connectivity index (χ0v) is 15.7. The van der Waals surface area contributed by atoms with Gasteiger partial charge in [0.1, 0.15) is 0 Å². The van der Waals surface area contributed by atoms with E-state index in [2.05, 4.69) is 4.90 Å². The molecule has 3 saturated heterocycles. The van der Waals surface area contributed by atoms with Gasteiger partial charge in [-0.1, -0.05) is 12.1 Å². The summed E-state index contributed by atoms with van der Waals surface area (Å²) < 4.78 is 33.4. The summed E-state index contributed by atoms with van der Waals surface area (Å²) in [4.78, 5) is 16.7. The molecule has 1 aromatic carbocycles. The van der Waals surface area contributed by atoms with Crippen molar-refractivity contribution in [3.05, 3.63) is 35.4 Å². The molecule has 1 amide bonds. The van der Waals surface area contributed by atoms with Crippen molar-refractivity contribution in [1.82, 2.24) is 9.80 Å². The van der Waals surface area contributed by atoms with Gasteiger partial charge >= 0.3 is 0 Å². The maximum atomic E-state index is 13.9. The number of piperidine rings is 2. The summed E-state index contributed by atoms with van der Waals surface area (Å²) in [5.74, 6) is -0.540. The van der Waals surface area contributed by atoms with E-state index in [0.29, 0.717) is 37.0 Å². The van der Waals surface area contributed by atoms with Crippen LogP contribution in [0.2, 0.25) is 0 Å². The van der Waals surface area contributed by atoms with E-state index in [1.165, 1.54) is 6.42 Å². The first-order valence-electron chi connectivity index (χ1n) is 10.2. The molecule has 0 N–H and O–H groups in total. The molecule has 0 radical (unpaired) electrons. The van der Waals surface area contributed by atoms with Gasteiger partial charge in [0, 0.05) is 37.7 Å². The maximum absolute atomic E-state index is 13.9. The molecule has 1 aromatic rings. The molecule has 3 aliphatic rings. The van der Waals surface area contributed by atoms with Crippen LogP contribution in [0.5, 0.6) is 0 Å². The second kappa shape index (κ2) is 8.23. The molecule has 0 unspecified atom stereocenters. The molecule has 0 saturated carbocycles. The molecule has 0 aliphatic carbocycles. The van der Waals surface area contributed by atoms with Gasteiger partial charge in [0.05, 0.1) is 19.1 Å². The van der Waals surface area contributed by atoms with Crippen LogP contribution in [0.15, 0.2) is 18.2 Å². The molecule has 148 valence electrons. The largest absolute Gasteiger partial charge is 0.377 e. The molecule has 0 bridgehead atoms. The van der Waals surface area contributed by atoms with Gasteiger partial charge in [-0.15, -0.1) is 0 Å². The summed E-state index contributed by atoms with van der Waals surface area (Å²) in [5.41, 5.74) is 0.407. The summed E-state index contributed by atoms with van der Waals surface area (Å²) in [6.45, 7) is 4.48. The molecule has 0 spiro atoms. The minimum absolute atomic E-state index is 0.0116. The number of likely N-dealkylation sites (tertiary alicyclic amines) is 2. The van der Waals surface area contributed by atoms with Crippen molar-refractivity contribution in [1.29, 1.82) is 0 Å². The van der Waals surface area contributed by atoms with E-state index < -0.39 is 11.6 Å². The molecule has 3 atom stereocenters. The third kappa shape index (κ3) is 4.16. The lowest BCUT2D eigenvalue weighted by Crippen LogP contribution is -2.43. The van der Waals surface area contributed by atoms with E-state index in [1.807, 2.05) is 4.90 Å². The lowest BCUT2D eigenvalue weighted by molar-refractivity contribution is -0.135. The number of carbonyl (C=O) groups is 1. The summed E-state index contributed by atoms with van der Waals surface area (Å²) in [6, 6.07) is 4.36. The highest BCUT2D eigenvalue weighted by atomic mass is 19.2. The van der Waals surface area contributed by atoms with Crippen LogP contribution in [0.4, 0.5) is 8.78 Å². The maximum Gasteiger partial charge on any atom is 0.225 e. The first kappa shape index (κ1) is 18.8. The first-order chi connectivity index (χ1) is 13.1. The molecule has 27 heavy (non-hydrogen) atoms. The lowest BCUT2D eigenvalue weighted by Gasteiger charge is -2.36. The number of amides is 1. The van der Waals surface area contributed by atoms with Gasteiger partial charge in [-0.25, -0.2) is 8.78 Å². The average molecular weight is 378 g/mol. The zero-order chi connectivity index (χ0) is 18.8. The monoisotopic (exact) mass is 378 g/mol. The van der Waals surface area contributed by atoms with Crippen LogP contribution >= 0.6 is 0 Å². The topological polar surface area (TPSA) is 32.8 Å². The number of halogens is 2. The van der Waals surface area contributed by atoms with Crippen molar-refractivity contribution in [3.8, 4) is 0 Å². The standard InChI is InChI=1S/C21H28F2N2O2/c22-18-6-4-5-15(21(18)23)12-24-10-7-17-16(13-24)14-27-19(17)11-20(26)25-8-2-1-3-9-25/h4-6,16-17,19H,1-3,7-14H2/t16-,17-,19+/m1/s1. The van der Waals surface area contributed by atoms with Crippen LogP contribution in [0.3, 0.4) is 0 Å². The summed E-state index contributed by atoms with van der Waals surface area (Å²) >= 11 is 0. The van der Waals surface area contributed by atoms with Gasteiger partial charge in [-0.3, -0.25) is 9.69 Å². The number of hydrogen-bond acceptors (Lipinski definition) is 3. The molecule has 3 aliphatic heterocycles. The Hall–Kier alpha value is -1.53. The Labute approximate surface area is 159 Å². The quantitative estimate of drug-likeness (QED) is 0.807. The fourth-order valence-corrected chi connectivity index (χ4v) is 4.87. The average Bonchev–Trinajstić information content (AvgIpc) is 3.08. The van der Waals surface area contributed by atoms with E-state index in [4.69, 9.17) is 4.74 Å². The smallest absolute Gasteiger partial charge is 0.225 e. The predicted octanol–water partition coefficient (Wildman–Crippen LogP) is 3.20. The Bertz CT molecular complexity index is 678. The molecule has 3 fully saturated rings. The SMILES string of the molecule is O=C(C[C@@H]1OC[C@H]2CN(Cc3cccc(F)c3F)CC[C@H]21)N1CCCCC1. The number of fused-ring (bicyclic) bond motifs is 1. The normalized spacial score (nSPS) is 29.0. The first-order valence-corrected chi connectivity index (χ1v) is 10.2. The lowest BCUT2D eigenvalue weighted by atomic mass is 9.83. The summed E-state index contributed by atoms with van der Waals surface area (Å²) in [5, 5.41) is 0. The fourth-order valence-electron chi connectivity index (χ4n) is 4.87. The number of rotatable bonds is 4. The van der Waals surface area contributed by atoms with Crippen LogP contribution in [0, 0.1) is 23.5 Å². The van der Waals surface area contributed by atoms with Crippen LogP contribution in [-0.2, 0) is 16.1 Å². The third-order valence-corrected chi connectivity index (χ3v) is 6.39. The Morgan fingerprint density at radius 3 is 2.78 bits per heavy atom. The van der Waals surface area contributed by atoms with Gasteiger partial charge in [0.25, 0.3) is 0 Å². The van der Waals surface area contributed by atoms with Crippen molar-refractivity contribution in [2.75, 3.05) is 32.8 Å². The van der Waals surface area contributed by atoms with E-state index >= 15 is 0 Å². The highest BCUT2D eigenvalue weighted by Gasteiger charge is 2.42. The van der Waals surface area contributed by atoms with Crippen LogP contribution < -0.4 is 0 Å². The number of ether oxygens (including phenoxy) is 1. The molecule has 0 aromatic heterocycles. The number of carbonyl (C=O) groups excluding carboxylic acids is 1. The van der Waals surface area contributed by atoms with Crippen LogP contribution in [0.1, 0.15) is 37.7 Å². The van der Waals surface area contributed by atoms with Gasteiger partial charge < -0.3 is 9.64 Å². The molecule has 3 heterocycles. The Balaban J connectivity index is 1.31. The molecular weight excluding hydrogens is 350 g/mol. The van der Waals surface area contributed by atoms with E-state index in [-0.39, 0.29) is 12.0 Å². The third-order valence-electron chi connectivity index (χ3n) is 6.39. The minimum atomic E-state index is -0.789. The van der Waals surface area contributed by atoms with Crippen molar-refractivity contribution in [2.24, 2.45) is 11.8 Å². The van der Waals surface area contributed by atoms with Crippen molar-refractivity contribution >= 4 is 5.91 Å². The van der Waals surface area contributed by atoms with Gasteiger partial charge in [0.15, 0.2) is 11.6 Å². The van der Waals surface area contributed by atoms with E-state index in [0.717, 1.165) is 51.5 Å². The van der Waals surface area contributed by atoms with Crippen LogP contribution in [0.25, 0.3) is 0 Å². The van der Waals surface area contributed by atoms with Gasteiger partial charge in [-0.05, 0) is 44.2 Å². The van der Waals surface area contributed by atoms with E-state index in [9.17, 15) is 13.6 Å². The molecular formula is C21H28F2N2O2. The van der Waals surface area contributed by atoms with Crippen molar-refractivity contribution < 1.29 is 18.3 Å². The Morgan fingerprint density at radius 1 is 1.15 bits per heavy atom. The van der Waals surface area contributed by atoms with E-state index in [1.54, 1.807) is 12.1 Å². The minimum Gasteiger partial charge on any atom is -0.377 e. The Morgan fingerprint density at radius 2 is 1.96 bits per heavy atom. The second-order valence-corrected chi connectivity index (χ2v) is 8.18. The van der Waals surface area contributed by atoms with Crippen LogP contribution in [-0.4, -0.2) is 54.6 Å². The van der Waals surface area contributed by atoms with Gasteiger partial charge in [0.2, 0.25) is 5.91 Å². The molecule has 6 heteroatoms. The van der Waals surface area contributed by atoms with Gasteiger partial charge in [-0.2, -0.15) is 0 Å². The highest BCUT2D eigenvalue weighted by molar-refractivity contribution is 5.76. The highest BCUT2D eigenvalue weighted by Crippen LogP contribution is 2.36. The molecule has 4 rings (SSSR count). The fraction of sp³-hybridized carbons (Fsp3) is 0.667. The summed E-state index contributed by atoms with van der Waals surface area (Å²) in [6.07, 6.45) is 4.87. The Kier molecular flexibility index (Phi) is 5.74. The number of nitrogens with zero attached hydrogens (tertiary/aromatic N) is 2. The summed E-state index contributed by atoms with van der Waals surface area (Å²) in [7, 11) is 0.